The third-order valence-electron chi connectivity index (χ3n) is 6.00. The zero-order valence-electron chi connectivity index (χ0n) is 21.9. The molecule has 0 aliphatic carbocycles. The number of ether oxygens (including phenoxy) is 6. The van der Waals surface area contributed by atoms with Gasteiger partial charge >= 0.3 is 6.01 Å². The van der Waals surface area contributed by atoms with Gasteiger partial charge in [-0.3, -0.25) is 0 Å². The Morgan fingerprint density at radius 2 is 1.65 bits per heavy atom. The van der Waals surface area contributed by atoms with Crippen LogP contribution in [0.2, 0.25) is 0 Å². The summed E-state index contributed by atoms with van der Waals surface area (Å²) in [6.45, 7) is 11.7. The number of hydrogen-bond donors (Lipinski definition) is 2. The summed E-state index contributed by atoms with van der Waals surface area (Å²) in [7, 11) is 0. The van der Waals surface area contributed by atoms with Gasteiger partial charge in [0.2, 0.25) is 11.9 Å². The highest BCUT2D eigenvalue weighted by molar-refractivity contribution is 5.37. The van der Waals surface area contributed by atoms with Crippen LogP contribution in [0.3, 0.4) is 0 Å². The standard InChI is InChI=1S/C25H34FN5O6/c1-13(2)28-22-29-21(27-11-14-8-7-9-15(26)10-14)30-23(31-22)32-12-16-17-18(35-24(3,4)34-17)19-20(33-16)37-25(5,6)36-19/h7-10,13,16-20H,11-12H2,1-6H3,(H2,27,28,29,30,31)/t16-,17+,18+,19-,20-/m1/s1. The third-order valence-corrected chi connectivity index (χ3v) is 6.00. The van der Waals surface area contributed by atoms with Crippen LogP contribution in [0, 0.1) is 5.82 Å². The molecular weight excluding hydrogens is 485 g/mol. The van der Waals surface area contributed by atoms with Crippen molar-refractivity contribution in [3.63, 3.8) is 0 Å². The molecule has 0 bridgehead atoms. The molecule has 202 valence electrons. The van der Waals surface area contributed by atoms with E-state index >= 15 is 0 Å². The summed E-state index contributed by atoms with van der Waals surface area (Å²) in [5, 5.41) is 6.27. The summed E-state index contributed by atoms with van der Waals surface area (Å²) >= 11 is 0. The van der Waals surface area contributed by atoms with Gasteiger partial charge in [-0.15, -0.1) is 0 Å². The lowest BCUT2D eigenvalue weighted by molar-refractivity contribution is -0.238. The second kappa shape index (κ2) is 9.91. The van der Waals surface area contributed by atoms with Gasteiger partial charge in [-0.2, -0.15) is 15.0 Å². The predicted octanol–water partition coefficient (Wildman–Crippen LogP) is 3.22. The fourth-order valence-corrected chi connectivity index (χ4v) is 4.64. The van der Waals surface area contributed by atoms with E-state index in [1.54, 1.807) is 6.07 Å². The molecule has 11 nitrogen and oxygen atoms in total. The summed E-state index contributed by atoms with van der Waals surface area (Å²) < 4.78 is 50.1. The van der Waals surface area contributed by atoms with Crippen LogP contribution in [-0.2, 0) is 30.2 Å². The van der Waals surface area contributed by atoms with Crippen molar-refractivity contribution in [2.75, 3.05) is 17.2 Å². The van der Waals surface area contributed by atoms with Crippen LogP contribution in [0.4, 0.5) is 16.3 Å². The average Bonchev–Trinajstić information content (AvgIpc) is 3.29. The minimum atomic E-state index is -0.808. The van der Waals surface area contributed by atoms with Gasteiger partial charge in [0.1, 0.15) is 36.8 Å². The molecule has 1 aromatic heterocycles. The van der Waals surface area contributed by atoms with Crippen molar-refractivity contribution in [1.82, 2.24) is 15.0 Å². The molecule has 5 atom stereocenters. The number of aromatic nitrogens is 3. The molecule has 1 aromatic carbocycles. The minimum Gasteiger partial charge on any atom is -0.460 e. The van der Waals surface area contributed by atoms with Gasteiger partial charge in [-0.25, -0.2) is 4.39 Å². The van der Waals surface area contributed by atoms with E-state index in [0.29, 0.717) is 12.5 Å². The summed E-state index contributed by atoms with van der Waals surface area (Å²) in [4.78, 5) is 13.2. The number of anilines is 2. The largest absolute Gasteiger partial charge is 0.460 e. The fourth-order valence-electron chi connectivity index (χ4n) is 4.64. The number of hydrogen-bond acceptors (Lipinski definition) is 11. The summed E-state index contributed by atoms with van der Waals surface area (Å²) in [6, 6.07) is 6.49. The molecule has 2 aromatic rings. The Bertz CT molecular complexity index is 1120. The van der Waals surface area contributed by atoms with Gasteiger partial charge in [0, 0.05) is 12.6 Å². The SMILES string of the molecule is CC(C)Nc1nc(NCc2cccc(F)c2)nc(OC[C@H]2O[C@@H]3OC(C)(C)O[C@@H]3[C@H]3OC(C)(C)O[C@H]32)n1. The Kier molecular flexibility index (Phi) is 6.96. The van der Waals surface area contributed by atoms with E-state index in [4.69, 9.17) is 28.4 Å². The van der Waals surface area contributed by atoms with Gasteiger partial charge in [0.05, 0.1) is 0 Å². The van der Waals surface area contributed by atoms with Crippen molar-refractivity contribution >= 4 is 11.9 Å². The van der Waals surface area contributed by atoms with E-state index in [1.165, 1.54) is 12.1 Å². The molecule has 3 aliphatic rings. The number of halogens is 1. The molecule has 0 unspecified atom stereocenters. The Hall–Kier alpha value is -2.64. The predicted molar refractivity (Wildman–Crippen MR) is 130 cm³/mol. The second-order valence-corrected chi connectivity index (χ2v) is 10.6. The summed E-state index contributed by atoms with van der Waals surface area (Å²) in [5.74, 6) is -1.29. The molecule has 3 saturated heterocycles. The Balaban J connectivity index is 1.31. The molecule has 0 radical (unpaired) electrons. The lowest BCUT2D eigenvalue weighted by Crippen LogP contribution is -2.56. The molecule has 0 saturated carbocycles. The van der Waals surface area contributed by atoms with E-state index in [0.717, 1.165) is 5.56 Å². The molecule has 0 amide bonds. The maximum Gasteiger partial charge on any atom is 0.323 e. The molecular formula is C25H34FN5O6. The Morgan fingerprint density at radius 3 is 2.41 bits per heavy atom. The molecule has 12 heteroatoms. The number of rotatable bonds is 8. The number of nitrogens with zero attached hydrogens (tertiary/aromatic N) is 3. The second-order valence-electron chi connectivity index (χ2n) is 10.6. The van der Waals surface area contributed by atoms with Crippen molar-refractivity contribution in [3.8, 4) is 6.01 Å². The maximum absolute atomic E-state index is 13.6. The van der Waals surface area contributed by atoms with E-state index in [1.807, 2.05) is 47.6 Å². The van der Waals surface area contributed by atoms with Crippen LogP contribution in [0.15, 0.2) is 24.3 Å². The normalized spacial score (nSPS) is 29.6. The lowest BCUT2D eigenvalue weighted by atomic mass is 9.99. The average molecular weight is 520 g/mol. The van der Waals surface area contributed by atoms with Crippen LogP contribution in [0.25, 0.3) is 0 Å². The van der Waals surface area contributed by atoms with Crippen LogP contribution in [-0.4, -0.2) is 69.9 Å². The molecule has 4 heterocycles. The van der Waals surface area contributed by atoms with Crippen LogP contribution < -0.4 is 15.4 Å². The van der Waals surface area contributed by atoms with E-state index in [9.17, 15) is 4.39 Å². The van der Waals surface area contributed by atoms with E-state index in [2.05, 4.69) is 25.6 Å². The lowest BCUT2D eigenvalue weighted by Gasteiger charge is -2.36. The maximum atomic E-state index is 13.6. The van der Waals surface area contributed by atoms with Crippen LogP contribution in [0.5, 0.6) is 6.01 Å². The van der Waals surface area contributed by atoms with E-state index in [-0.39, 0.29) is 36.5 Å². The Morgan fingerprint density at radius 1 is 0.946 bits per heavy atom. The highest BCUT2D eigenvalue weighted by atomic mass is 19.1. The Labute approximate surface area is 215 Å². The zero-order valence-corrected chi connectivity index (χ0v) is 21.9. The minimum absolute atomic E-state index is 0.0832. The summed E-state index contributed by atoms with van der Waals surface area (Å²) in [5.41, 5.74) is 0.750. The van der Waals surface area contributed by atoms with Crippen LogP contribution in [0.1, 0.15) is 47.1 Å². The van der Waals surface area contributed by atoms with Crippen molar-refractivity contribution in [2.24, 2.45) is 0 Å². The quantitative estimate of drug-likeness (QED) is 0.535. The van der Waals surface area contributed by atoms with E-state index < -0.39 is 36.2 Å². The number of fused-ring (bicyclic) bond motifs is 3. The van der Waals surface area contributed by atoms with Gasteiger partial charge in [-0.1, -0.05) is 12.1 Å². The van der Waals surface area contributed by atoms with Gasteiger partial charge < -0.3 is 39.1 Å². The molecule has 37 heavy (non-hydrogen) atoms. The number of nitrogens with one attached hydrogen (secondary N) is 2. The zero-order chi connectivity index (χ0) is 26.4. The monoisotopic (exact) mass is 519 g/mol. The van der Waals surface area contributed by atoms with Crippen molar-refractivity contribution < 1.29 is 32.8 Å². The first-order valence-corrected chi connectivity index (χ1v) is 12.5. The molecule has 3 aliphatic heterocycles. The molecule has 5 rings (SSSR count). The fraction of sp³-hybridized carbons (Fsp3) is 0.640. The van der Waals surface area contributed by atoms with Gasteiger partial charge in [-0.05, 0) is 59.2 Å². The molecule has 3 fully saturated rings. The van der Waals surface area contributed by atoms with Crippen molar-refractivity contribution in [1.29, 1.82) is 0 Å². The van der Waals surface area contributed by atoms with Crippen molar-refractivity contribution in [3.05, 3.63) is 35.6 Å². The first kappa shape index (κ1) is 26.0. The topological polar surface area (TPSA) is 118 Å². The highest BCUT2D eigenvalue weighted by Gasteiger charge is 2.60. The first-order chi connectivity index (χ1) is 17.5. The van der Waals surface area contributed by atoms with Crippen molar-refractivity contribution in [2.45, 2.75) is 96.4 Å². The third kappa shape index (κ3) is 6.10. The van der Waals surface area contributed by atoms with Gasteiger partial charge in [0.15, 0.2) is 17.9 Å². The number of benzene rings is 1. The van der Waals surface area contributed by atoms with Gasteiger partial charge in [0.25, 0.3) is 0 Å². The van der Waals surface area contributed by atoms with Crippen LogP contribution >= 0.6 is 0 Å². The molecule has 0 spiro atoms. The first-order valence-electron chi connectivity index (χ1n) is 12.5. The highest BCUT2D eigenvalue weighted by Crippen LogP contribution is 2.44. The molecule has 2 N–H and O–H groups in total. The smallest absolute Gasteiger partial charge is 0.323 e. The summed E-state index contributed by atoms with van der Waals surface area (Å²) in [6.07, 6.45) is -2.39.